The molecule has 1 amide bonds. The van der Waals surface area contributed by atoms with Gasteiger partial charge >= 0.3 is 10.3 Å². The third-order valence-electron chi connectivity index (χ3n) is 4.64. The maximum Gasteiger partial charge on any atom is 0.357 e. The highest BCUT2D eigenvalue weighted by molar-refractivity contribution is 7.87. The van der Waals surface area contributed by atoms with Gasteiger partial charge in [0.25, 0.3) is 0 Å². The minimum absolute atomic E-state index is 0.155. The van der Waals surface area contributed by atoms with Crippen LogP contribution in [-0.2, 0) is 34.4 Å². The van der Waals surface area contributed by atoms with Crippen LogP contribution in [0.4, 0.5) is 5.69 Å². The molecule has 9 nitrogen and oxygen atoms in total. The second-order valence-corrected chi connectivity index (χ2v) is 9.24. The number of aromatic amines is 1. The van der Waals surface area contributed by atoms with Gasteiger partial charge in [0.1, 0.15) is 10.8 Å². The highest BCUT2D eigenvalue weighted by Gasteiger charge is 2.20. The lowest BCUT2D eigenvalue weighted by Crippen LogP contribution is -2.31. The van der Waals surface area contributed by atoms with Crippen molar-refractivity contribution in [2.24, 2.45) is 0 Å². The van der Waals surface area contributed by atoms with Gasteiger partial charge in [0.15, 0.2) is 0 Å². The number of hydrogen-bond donors (Lipinski definition) is 4. The first-order chi connectivity index (χ1) is 14.6. The Labute approximate surface area is 185 Å². The van der Waals surface area contributed by atoms with Gasteiger partial charge < -0.3 is 10.3 Å². The zero-order valence-corrected chi connectivity index (χ0v) is 19.1. The van der Waals surface area contributed by atoms with Crippen molar-refractivity contribution in [3.8, 4) is 0 Å². The van der Waals surface area contributed by atoms with Crippen LogP contribution in [0.15, 0.2) is 29.6 Å². The Hall–Kier alpha value is -2.76. The van der Waals surface area contributed by atoms with Crippen molar-refractivity contribution in [3.05, 3.63) is 63.1 Å². The minimum atomic E-state index is -4.33. The molecule has 1 aromatic carbocycles. The highest BCUT2D eigenvalue weighted by atomic mass is 32.2. The number of benzene rings is 1. The Morgan fingerprint density at radius 3 is 2.48 bits per heavy atom. The molecule has 2 heterocycles. The Kier molecular flexibility index (Phi) is 7.08. The smallest absolute Gasteiger partial charge is 0.346 e. The normalized spacial score (nSPS) is 12.5. The molecule has 0 radical (unpaired) electrons. The number of carbonyl (C=O) groups is 1. The van der Waals surface area contributed by atoms with Gasteiger partial charge in [0.2, 0.25) is 5.91 Å². The van der Waals surface area contributed by atoms with Crippen LogP contribution in [0.2, 0.25) is 0 Å². The maximum absolute atomic E-state index is 12.7. The fourth-order valence-corrected chi connectivity index (χ4v) is 4.55. The lowest BCUT2D eigenvalue weighted by molar-refractivity contribution is -0.121. The first kappa shape index (κ1) is 22.9. The number of nitrogens with zero attached hydrogens (tertiary/aromatic N) is 2. The van der Waals surface area contributed by atoms with Gasteiger partial charge in [-0.05, 0) is 44.4 Å². The van der Waals surface area contributed by atoms with Crippen LogP contribution in [-0.4, -0.2) is 33.8 Å². The second-order valence-electron chi connectivity index (χ2n) is 7.20. The number of aryl methyl sites for hydroxylation is 3. The van der Waals surface area contributed by atoms with Gasteiger partial charge in [-0.3, -0.25) is 14.1 Å². The van der Waals surface area contributed by atoms with Crippen LogP contribution in [0, 0.1) is 13.8 Å². The van der Waals surface area contributed by atoms with Crippen molar-refractivity contribution in [2.45, 2.75) is 46.1 Å². The summed E-state index contributed by atoms with van der Waals surface area (Å²) in [4.78, 5) is 24.8. The van der Waals surface area contributed by atoms with Crippen LogP contribution in [0.25, 0.3) is 0 Å². The van der Waals surface area contributed by atoms with Gasteiger partial charge in [-0.1, -0.05) is 19.1 Å². The number of carbonyl (C=O) groups excluding carboxylic acids is 1. The molecule has 0 saturated heterocycles. The molecule has 0 spiro atoms. The molecular formula is C20H25N5O4S2. The Balaban J connectivity index is 1.76. The van der Waals surface area contributed by atoms with Crippen LogP contribution in [0.3, 0.4) is 0 Å². The molecule has 11 heteroatoms. The zero-order chi connectivity index (χ0) is 22.6. The number of anilines is 1. The van der Waals surface area contributed by atoms with E-state index in [2.05, 4.69) is 20.3 Å². The van der Waals surface area contributed by atoms with E-state index in [4.69, 9.17) is 4.55 Å². The molecule has 0 bridgehead atoms. The lowest BCUT2D eigenvalue weighted by atomic mass is 10.1. The van der Waals surface area contributed by atoms with E-state index in [-0.39, 0.29) is 24.1 Å². The first-order valence-corrected chi connectivity index (χ1v) is 12.0. The fourth-order valence-electron chi connectivity index (χ4n) is 3.17. The maximum atomic E-state index is 12.7. The summed E-state index contributed by atoms with van der Waals surface area (Å²) in [6.45, 7) is 5.76. The molecule has 3 aromatic rings. The molecule has 3 rings (SSSR count). The van der Waals surface area contributed by atoms with Gasteiger partial charge in [-0.15, -0.1) is 11.3 Å². The van der Waals surface area contributed by atoms with E-state index in [0.29, 0.717) is 12.1 Å². The fraction of sp³-hybridized carbons (Fsp3) is 0.350. The summed E-state index contributed by atoms with van der Waals surface area (Å²) in [7, 11) is -4.33. The summed E-state index contributed by atoms with van der Waals surface area (Å²) < 4.78 is 32.8. The van der Waals surface area contributed by atoms with Crippen LogP contribution in [0.1, 0.15) is 46.4 Å². The molecule has 31 heavy (non-hydrogen) atoms. The highest BCUT2D eigenvalue weighted by Crippen LogP contribution is 2.24. The second kappa shape index (κ2) is 9.58. The Morgan fingerprint density at radius 2 is 1.94 bits per heavy atom. The zero-order valence-electron chi connectivity index (χ0n) is 17.5. The summed E-state index contributed by atoms with van der Waals surface area (Å²) in [5.41, 5.74) is 3.67. The number of H-pyrrole nitrogens is 1. The molecule has 2 aromatic heterocycles. The van der Waals surface area contributed by atoms with Crippen molar-refractivity contribution in [2.75, 3.05) is 4.72 Å². The van der Waals surface area contributed by atoms with E-state index in [1.165, 1.54) is 11.3 Å². The van der Waals surface area contributed by atoms with E-state index in [1.54, 1.807) is 24.3 Å². The molecular weight excluding hydrogens is 438 g/mol. The molecule has 1 atom stereocenters. The van der Waals surface area contributed by atoms with E-state index < -0.39 is 10.3 Å². The number of aromatic nitrogens is 3. The van der Waals surface area contributed by atoms with E-state index in [1.807, 2.05) is 30.9 Å². The molecule has 0 aliphatic rings. The van der Waals surface area contributed by atoms with Crippen LogP contribution in [0.5, 0.6) is 0 Å². The van der Waals surface area contributed by atoms with Gasteiger partial charge in [0.05, 0.1) is 29.5 Å². The van der Waals surface area contributed by atoms with Crippen molar-refractivity contribution in [1.82, 2.24) is 20.3 Å². The number of amides is 1. The quantitative estimate of drug-likeness (QED) is 0.360. The monoisotopic (exact) mass is 463 g/mol. The number of rotatable bonds is 9. The third kappa shape index (κ3) is 6.61. The molecule has 0 aliphatic heterocycles. The van der Waals surface area contributed by atoms with E-state index in [9.17, 15) is 13.2 Å². The standard InChI is InChI=1S/C20H25N5O4S2/c1-4-15-11-30-20(23-15)18(24-19(26)10-17-12(2)21-13(3)22-17)9-14-5-7-16(8-6-14)25-31(27,28)29/h5-8,11,18,25H,4,9-10H2,1-3H3,(H,21,22)(H,24,26)(H,27,28,29)/t18-/m0/s1. The Bertz CT molecular complexity index is 1150. The predicted molar refractivity (Wildman–Crippen MR) is 119 cm³/mol. The minimum Gasteiger partial charge on any atom is -0.346 e. The molecule has 0 aliphatic carbocycles. The van der Waals surface area contributed by atoms with Crippen LogP contribution < -0.4 is 10.0 Å². The average Bonchev–Trinajstić information content (AvgIpc) is 3.28. The number of hydrogen-bond acceptors (Lipinski definition) is 6. The largest absolute Gasteiger partial charge is 0.357 e. The average molecular weight is 464 g/mol. The SMILES string of the molecule is CCc1csc([C@H](Cc2ccc(NS(=O)(=O)O)cc2)NC(=O)Cc2nc(C)[nH]c2C)n1. The summed E-state index contributed by atoms with van der Waals surface area (Å²) in [5, 5.41) is 5.85. The topological polar surface area (TPSA) is 137 Å². The molecule has 0 saturated carbocycles. The van der Waals surface area contributed by atoms with Gasteiger partial charge in [-0.25, -0.2) is 9.97 Å². The summed E-state index contributed by atoms with van der Waals surface area (Å²) in [6, 6.07) is 6.25. The van der Waals surface area contributed by atoms with Gasteiger partial charge in [-0.2, -0.15) is 8.42 Å². The van der Waals surface area contributed by atoms with Crippen molar-refractivity contribution < 1.29 is 17.8 Å². The molecule has 0 unspecified atom stereocenters. The van der Waals surface area contributed by atoms with Gasteiger partial charge in [0, 0.05) is 11.1 Å². The summed E-state index contributed by atoms with van der Waals surface area (Å²) in [5.74, 6) is 0.612. The number of imidazole rings is 1. The summed E-state index contributed by atoms with van der Waals surface area (Å²) in [6.07, 6.45) is 1.45. The van der Waals surface area contributed by atoms with E-state index in [0.717, 1.165) is 34.2 Å². The van der Waals surface area contributed by atoms with Crippen molar-refractivity contribution in [1.29, 1.82) is 0 Å². The van der Waals surface area contributed by atoms with Crippen molar-refractivity contribution in [3.63, 3.8) is 0 Å². The number of nitrogens with one attached hydrogen (secondary N) is 3. The molecule has 0 fully saturated rings. The molecule has 166 valence electrons. The summed E-state index contributed by atoms with van der Waals surface area (Å²) >= 11 is 1.50. The number of thiazole rings is 1. The third-order valence-corrected chi connectivity index (χ3v) is 6.14. The lowest BCUT2D eigenvalue weighted by Gasteiger charge is -2.17. The van der Waals surface area contributed by atoms with Crippen LogP contribution >= 0.6 is 11.3 Å². The molecule has 4 N–H and O–H groups in total. The van der Waals surface area contributed by atoms with Crippen molar-refractivity contribution >= 4 is 33.2 Å². The Morgan fingerprint density at radius 1 is 1.23 bits per heavy atom. The first-order valence-electron chi connectivity index (χ1n) is 9.73. The predicted octanol–water partition coefficient (Wildman–Crippen LogP) is 2.90. The van der Waals surface area contributed by atoms with E-state index >= 15 is 0 Å².